The Morgan fingerprint density at radius 1 is 1.06 bits per heavy atom. The van der Waals surface area contributed by atoms with Gasteiger partial charge < -0.3 is 19.7 Å². The van der Waals surface area contributed by atoms with Crippen LogP contribution in [0.2, 0.25) is 10.0 Å². The molecule has 0 spiro atoms. The van der Waals surface area contributed by atoms with Crippen LogP contribution >= 0.6 is 35.4 Å². The van der Waals surface area contributed by atoms with Gasteiger partial charge in [0.25, 0.3) is 0 Å². The van der Waals surface area contributed by atoms with Gasteiger partial charge in [0.15, 0.2) is 5.11 Å². The standard InChI is InChI=1S/C25H19Cl2N3O2S/c1-14-5-6-15(12-17(14)27)21-9-10-22(32-21)24-23(18-4-2-3-11-28-18)29-25(33)30(24)19-13-16(26)7-8-20(19)31/h2-13,23-24,31H,1H3,(H,29,33)/t23-,24-/m1/s1. The molecule has 166 valence electrons. The fraction of sp³-hybridized carbons (Fsp3) is 0.120. The summed E-state index contributed by atoms with van der Waals surface area (Å²) >= 11 is 18.3. The van der Waals surface area contributed by atoms with Gasteiger partial charge in [-0.15, -0.1) is 0 Å². The molecule has 0 saturated carbocycles. The molecule has 5 rings (SSSR count). The lowest BCUT2D eigenvalue weighted by molar-refractivity contribution is 0.434. The van der Waals surface area contributed by atoms with Gasteiger partial charge in [-0.2, -0.15) is 0 Å². The topological polar surface area (TPSA) is 61.5 Å². The molecule has 5 nitrogen and oxygen atoms in total. The average molecular weight is 496 g/mol. The van der Waals surface area contributed by atoms with Gasteiger partial charge in [0.1, 0.15) is 23.3 Å². The number of thiocarbonyl (C=S) groups is 1. The number of benzene rings is 2. The van der Waals surface area contributed by atoms with E-state index in [4.69, 9.17) is 39.8 Å². The maximum atomic E-state index is 10.6. The minimum absolute atomic E-state index is 0.0623. The number of furan rings is 1. The molecular formula is C25H19Cl2N3O2S. The second-order valence-corrected chi connectivity index (χ2v) is 9.03. The van der Waals surface area contributed by atoms with Crippen LogP contribution in [0.3, 0.4) is 0 Å². The molecule has 1 fully saturated rings. The normalized spacial score (nSPS) is 17.9. The van der Waals surface area contributed by atoms with Gasteiger partial charge in [-0.25, -0.2) is 0 Å². The number of anilines is 1. The number of aromatic hydroxyl groups is 1. The van der Waals surface area contributed by atoms with Crippen molar-refractivity contribution in [1.29, 1.82) is 0 Å². The molecule has 2 atom stereocenters. The van der Waals surface area contributed by atoms with Gasteiger partial charge in [-0.05, 0) is 73.2 Å². The maximum Gasteiger partial charge on any atom is 0.174 e. The molecule has 2 aromatic heterocycles. The zero-order valence-electron chi connectivity index (χ0n) is 17.5. The highest BCUT2D eigenvalue weighted by Crippen LogP contribution is 2.46. The molecule has 2 N–H and O–H groups in total. The third-order valence-electron chi connectivity index (χ3n) is 5.67. The Morgan fingerprint density at radius 2 is 1.91 bits per heavy atom. The summed E-state index contributed by atoms with van der Waals surface area (Å²) in [5.41, 5.74) is 3.15. The van der Waals surface area contributed by atoms with Crippen molar-refractivity contribution < 1.29 is 9.52 Å². The smallest absolute Gasteiger partial charge is 0.174 e. The Hall–Kier alpha value is -3.06. The first-order valence-corrected chi connectivity index (χ1v) is 11.4. The van der Waals surface area contributed by atoms with Crippen LogP contribution in [0.15, 0.2) is 77.3 Å². The fourth-order valence-corrected chi connectivity index (χ4v) is 4.69. The molecule has 33 heavy (non-hydrogen) atoms. The number of nitrogens with one attached hydrogen (secondary N) is 1. The van der Waals surface area contributed by atoms with Crippen molar-refractivity contribution in [2.45, 2.75) is 19.0 Å². The molecule has 0 aliphatic carbocycles. The maximum absolute atomic E-state index is 10.6. The SMILES string of the molecule is Cc1ccc(-c2ccc([C@@H]3[C@@H](c4ccccn4)NC(=S)N3c3cc(Cl)ccc3O)o2)cc1Cl. The highest BCUT2D eigenvalue weighted by Gasteiger charge is 2.43. The van der Waals surface area contributed by atoms with Crippen LogP contribution < -0.4 is 10.2 Å². The summed E-state index contributed by atoms with van der Waals surface area (Å²) in [6, 6.07) is 19.5. The number of nitrogens with zero attached hydrogens (tertiary/aromatic N) is 2. The van der Waals surface area contributed by atoms with Gasteiger partial charge in [0.05, 0.1) is 17.4 Å². The van der Waals surface area contributed by atoms with Crippen LogP contribution in [0.4, 0.5) is 5.69 Å². The summed E-state index contributed by atoms with van der Waals surface area (Å²) in [4.78, 5) is 6.35. The lowest BCUT2D eigenvalue weighted by Crippen LogP contribution is -2.29. The Morgan fingerprint density at radius 3 is 2.67 bits per heavy atom. The highest BCUT2D eigenvalue weighted by atomic mass is 35.5. The first-order valence-electron chi connectivity index (χ1n) is 10.3. The number of phenols is 1. The molecule has 0 unspecified atom stereocenters. The molecule has 4 aromatic rings. The minimum Gasteiger partial charge on any atom is -0.506 e. The van der Waals surface area contributed by atoms with Gasteiger partial charge in [-0.1, -0.05) is 41.4 Å². The first kappa shape index (κ1) is 21.8. The van der Waals surface area contributed by atoms with Crippen LogP contribution in [0.1, 0.15) is 29.1 Å². The zero-order valence-corrected chi connectivity index (χ0v) is 19.8. The second-order valence-electron chi connectivity index (χ2n) is 7.80. The van der Waals surface area contributed by atoms with E-state index in [9.17, 15) is 5.11 Å². The van der Waals surface area contributed by atoms with Crippen molar-refractivity contribution in [3.63, 3.8) is 0 Å². The number of rotatable bonds is 4. The van der Waals surface area contributed by atoms with Crippen LogP contribution in [0.25, 0.3) is 11.3 Å². The second kappa shape index (κ2) is 8.71. The molecular weight excluding hydrogens is 477 g/mol. The average Bonchev–Trinajstić information content (AvgIpc) is 3.42. The van der Waals surface area contributed by atoms with E-state index in [2.05, 4.69) is 10.3 Å². The summed E-state index contributed by atoms with van der Waals surface area (Å²) in [5, 5.41) is 15.6. The Bertz CT molecular complexity index is 1340. The number of hydrogen-bond donors (Lipinski definition) is 2. The van der Waals surface area contributed by atoms with E-state index in [1.54, 1.807) is 24.4 Å². The molecule has 1 saturated heterocycles. The van der Waals surface area contributed by atoms with E-state index in [-0.39, 0.29) is 11.8 Å². The Kier molecular flexibility index (Phi) is 5.74. The summed E-state index contributed by atoms with van der Waals surface area (Å²) in [7, 11) is 0. The summed E-state index contributed by atoms with van der Waals surface area (Å²) in [6.45, 7) is 1.96. The van der Waals surface area contributed by atoms with E-state index in [0.717, 1.165) is 16.8 Å². The molecule has 0 bridgehead atoms. The number of pyridine rings is 1. The monoisotopic (exact) mass is 495 g/mol. The highest BCUT2D eigenvalue weighted by molar-refractivity contribution is 7.80. The van der Waals surface area contributed by atoms with Gasteiger partial charge >= 0.3 is 0 Å². The van der Waals surface area contributed by atoms with Crippen molar-refractivity contribution in [3.05, 3.63) is 100.0 Å². The summed E-state index contributed by atoms with van der Waals surface area (Å²) in [6.07, 6.45) is 1.73. The molecule has 0 amide bonds. The number of halogens is 2. The zero-order chi connectivity index (χ0) is 23.1. The summed E-state index contributed by atoms with van der Waals surface area (Å²) in [5.74, 6) is 1.40. The third-order valence-corrected chi connectivity index (χ3v) is 6.63. The largest absolute Gasteiger partial charge is 0.506 e. The predicted octanol–water partition coefficient (Wildman–Crippen LogP) is 6.84. The van der Waals surface area contributed by atoms with Crippen LogP contribution in [0, 0.1) is 6.92 Å². The van der Waals surface area contributed by atoms with Crippen molar-refractivity contribution in [3.8, 4) is 17.1 Å². The molecule has 1 aliphatic rings. The Balaban J connectivity index is 1.62. The quantitative estimate of drug-likeness (QED) is 0.302. The molecule has 0 radical (unpaired) electrons. The predicted molar refractivity (Wildman–Crippen MR) is 135 cm³/mol. The first-order chi connectivity index (χ1) is 15.9. The van der Waals surface area contributed by atoms with Crippen LogP contribution in [-0.2, 0) is 0 Å². The van der Waals surface area contributed by atoms with Gasteiger partial charge in [0.2, 0.25) is 0 Å². The lowest BCUT2D eigenvalue weighted by Gasteiger charge is -2.26. The Labute approximate surface area is 206 Å². The number of aromatic nitrogens is 1. The third kappa shape index (κ3) is 4.06. The molecule has 3 heterocycles. The van der Waals surface area contributed by atoms with E-state index in [1.807, 2.05) is 60.4 Å². The summed E-state index contributed by atoms with van der Waals surface area (Å²) < 4.78 is 6.33. The van der Waals surface area contributed by atoms with Crippen LogP contribution in [0.5, 0.6) is 5.75 Å². The lowest BCUT2D eigenvalue weighted by atomic mass is 10.0. The number of hydrogen-bond acceptors (Lipinski definition) is 4. The molecule has 2 aromatic carbocycles. The molecule has 1 aliphatic heterocycles. The van der Waals surface area contributed by atoms with Crippen molar-refractivity contribution in [1.82, 2.24) is 10.3 Å². The van der Waals surface area contributed by atoms with E-state index >= 15 is 0 Å². The van der Waals surface area contributed by atoms with Crippen molar-refractivity contribution >= 4 is 46.2 Å². The van der Waals surface area contributed by atoms with E-state index in [1.165, 1.54) is 0 Å². The fourth-order valence-electron chi connectivity index (χ4n) is 4.01. The van der Waals surface area contributed by atoms with Gasteiger partial charge in [0, 0.05) is 21.8 Å². The van der Waals surface area contributed by atoms with Gasteiger partial charge in [-0.3, -0.25) is 4.98 Å². The van der Waals surface area contributed by atoms with Crippen molar-refractivity contribution in [2.75, 3.05) is 4.90 Å². The number of aryl methyl sites for hydroxylation is 1. The van der Waals surface area contributed by atoms with E-state index in [0.29, 0.717) is 32.4 Å². The minimum atomic E-state index is -0.411. The molecule has 8 heteroatoms. The van der Waals surface area contributed by atoms with Crippen LogP contribution in [-0.4, -0.2) is 15.2 Å². The van der Waals surface area contributed by atoms with E-state index < -0.39 is 6.04 Å². The van der Waals surface area contributed by atoms with Crippen molar-refractivity contribution in [2.24, 2.45) is 0 Å². The number of phenolic OH excluding ortho intramolecular Hbond substituents is 1.